The van der Waals surface area contributed by atoms with Gasteiger partial charge in [0.05, 0.1) is 12.1 Å². The van der Waals surface area contributed by atoms with Crippen molar-refractivity contribution < 1.29 is 9.53 Å². The second-order valence-electron chi connectivity index (χ2n) is 8.04. The number of allylic oxidation sites excluding steroid dienone is 1. The second kappa shape index (κ2) is 11.8. The third-order valence-electron chi connectivity index (χ3n) is 5.68. The average Bonchev–Trinajstić information content (AvgIpc) is 3.30. The molecule has 4 rings (SSSR count). The molecule has 1 atom stereocenters. The Morgan fingerprint density at radius 1 is 1.00 bits per heavy atom. The predicted molar refractivity (Wildman–Crippen MR) is 135 cm³/mol. The Labute approximate surface area is 200 Å². The first-order chi connectivity index (χ1) is 16.8. The van der Waals surface area contributed by atoms with Gasteiger partial charge < -0.3 is 9.64 Å². The minimum absolute atomic E-state index is 0.0500. The van der Waals surface area contributed by atoms with Crippen molar-refractivity contribution in [3.63, 3.8) is 0 Å². The highest BCUT2D eigenvalue weighted by Gasteiger charge is 2.23. The molecule has 4 aromatic rings. The standard InChI is InChI=1S/C28H30N4O2/c1-2-34-28(33)21-11-5-10-20-27(32-26-19-13-12-18-25(26)29-30-32)31(24-16-8-4-9-17-24)22-23-14-6-3-7-15-23/h3-4,6-9,11-19,21,27H,2,5,10,20,22H2,1H3/b21-11+. The zero-order chi connectivity index (χ0) is 23.6. The predicted octanol–water partition coefficient (Wildman–Crippen LogP) is 5.93. The number of carbonyl (C=O) groups excluding carboxylic acids is 1. The number of benzene rings is 3. The Balaban J connectivity index is 1.65. The number of unbranched alkanes of at least 4 members (excludes halogenated alkanes) is 1. The van der Waals surface area contributed by atoms with Crippen LogP contribution in [0.25, 0.3) is 11.0 Å². The normalized spacial score (nSPS) is 12.1. The molecule has 0 aliphatic heterocycles. The number of hydrogen-bond donors (Lipinski definition) is 0. The molecule has 1 unspecified atom stereocenters. The fourth-order valence-corrected chi connectivity index (χ4v) is 4.07. The maximum absolute atomic E-state index is 11.6. The summed E-state index contributed by atoms with van der Waals surface area (Å²) in [5.74, 6) is -0.295. The van der Waals surface area contributed by atoms with E-state index in [4.69, 9.17) is 4.74 Å². The monoisotopic (exact) mass is 454 g/mol. The van der Waals surface area contributed by atoms with Gasteiger partial charge in [-0.1, -0.05) is 72.0 Å². The number of aromatic nitrogens is 3. The Morgan fingerprint density at radius 2 is 1.71 bits per heavy atom. The van der Waals surface area contributed by atoms with E-state index in [1.165, 1.54) is 11.6 Å². The molecule has 0 aliphatic rings. The first-order valence-corrected chi connectivity index (χ1v) is 11.7. The van der Waals surface area contributed by atoms with E-state index in [0.717, 1.165) is 42.5 Å². The van der Waals surface area contributed by atoms with Crippen molar-refractivity contribution in [2.45, 2.75) is 38.9 Å². The first kappa shape index (κ1) is 23.2. The van der Waals surface area contributed by atoms with E-state index in [9.17, 15) is 4.79 Å². The van der Waals surface area contributed by atoms with Gasteiger partial charge in [-0.05, 0) is 56.0 Å². The van der Waals surface area contributed by atoms with Crippen molar-refractivity contribution in [2.24, 2.45) is 0 Å². The Morgan fingerprint density at radius 3 is 2.47 bits per heavy atom. The Kier molecular flexibility index (Phi) is 8.06. The van der Waals surface area contributed by atoms with Crippen LogP contribution >= 0.6 is 0 Å². The molecule has 0 saturated heterocycles. The van der Waals surface area contributed by atoms with Crippen LogP contribution in [-0.4, -0.2) is 27.6 Å². The molecule has 0 fully saturated rings. The number of carbonyl (C=O) groups is 1. The van der Waals surface area contributed by atoms with E-state index in [2.05, 4.69) is 69.8 Å². The van der Waals surface area contributed by atoms with Crippen molar-refractivity contribution >= 4 is 22.7 Å². The quantitative estimate of drug-likeness (QED) is 0.160. The van der Waals surface area contributed by atoms with Gasteiger partial charge in [-0.2, -0.15) is 0 Å². The SMILES string of the molecule is CCOC(=O)/C=C/CCCC(N(Cc1ccccc1)c1ccccc1)n1nnc2ccccc21. The van der Waals surface area contributed by atoms with Crippen LogP contribution < -0.4 is 4.90 Å². The number of nitrogens with zero attached hydrogens (tertiary/aromatic N) is 4. The van der Waals surface area contributed by atoms with Gasteiger partial charge in [0.15, 0.2) is 0 Å². The lowest BCUT2D eigenvalue weighted by Gasteiger charge is -2.34. The number of esters is 1. The highest BCUT2D eigenvalue weighted by molar-refractivity contribution is 5.81. The minimum atomic E-state index is -0.295. The zero-order valence-corrected chi connectivity index (χ0v) is 19.5. The largest absolute Gasteiger partial charge is 0.463 e. The van der Waals surface area contributed by atoms with E-state index in [1.807, 2.05) is 48.0 Å². The Hall–Kier alpha value is -3.93. The van der Waals surface area contributed by atoms with Crippen LogP contribution in [0.5, 0.6) is 0 Å². The number of hydrogen-bond acceptors (Lipinski definition) is 5. The lowest BCUT2D eigenvalue weighted by Crippen LogP contribution is -2.33. The summed E-state index contributed by atoms with van der Waals surface area (Å²) in [7, 11) is 0. The summed E-state index contributed by atoms with van der Waals surface area (Å²) in [6, 6.07) is 28.9. The summed E-state index contributed by atoms with van der Waals surface area (Å²) in [5.41, 5.74) is 4.23. The lowest BCUT2D eigenvalue weighted by molar-refractivity contribution is -0.137. The summed E-state index contributed by atoms with van der Waals surface area (Å²) in [6.45, 7) is 2.93. The van der Waals surface area contributed by atoms with Crippen molar-refractivity contribution in [3.05, 3.63) is 103 Å². The number of fused-ring (bicyclic) bond motifs is 1. The molecule has 3 aromatic carbocycles. The van der Waals surface area contributed by atoms with Crippen molar-refractivity contribution in [1.82, 2.24) is 15.0 Å². The summed E-state index contributed by atoms with van der Waals surface area (Å²) in [6.07, 6.45) is 5.84. The molecule has 1 heterocycles. The third kappa shape index (κ3) is 5.90. The molecule has 1 aromatic heterocycles. The number of rotatable bonds is 11. The smallest absolute Gasteiger partial charge is 0.330 e. The molecule has 0 bridgehead atoms. The van der Waals surface area contributed by atoms with Crippen molar-refractivity contribution in [2.75, 3.05) is 11.5 Å². The second-order valence-corrected chi connectivity index (χ2v) is 8.04. The third-order valence-corrected chi connectivity index (χ3v) is 5.68. The van der Waals surface area contributed by atoms with Crippen LogP contribution in [0.4, 0.5) is 5.69 Å². The van der Waals surface area contributed by atoms with E-state index in [-0.39, 0.29) is 12.1 Å². The molecular formula is C28H30N4O2. The van der Waals surface area contributed by atoms with Crippen LogP contribution in [0.2, 0.25) is 0 Å². The number of para-hydroxylation sites is 2. The summed E-state index contributed by atoms with van der Waals surface area (Å²) >= 11 is 0. The first-order valence-electron chi connectivity index (χ1n) is 11.7. The molecule has 0 spiro atoms. The summed E-state index contributed by atoms with van der Waals surface area (Å²) in [5, 5.41) is 8.99. The minimum Gasteiger partial charge on any atom is -0.463 e. The zero-order valence-electron chi connectivity index (χ0n) is 19.5. The fourth-order valence-electron chi connectivity index (χ4n) is 4.07. The number of ether oxygens (including phenoxy) is 1. The van der Waals surface area contributed by atoms with Gasteiger partial charge in [0, 0.05) is 18.3 Å². The maximum Gasteiger partial charge on any atom is 0.330 e. The van der Waals surface area contributed by atoms with Crippen LogP contribution in [0.15, 0.2) is 97.1 Å². The molecule has 6 nitrogen and oxygen atoms in total. The van der Waals surface area contributed by atoms with Gasteiger partial charge in [0.2, 0.25) is 0 Å². The molecule has 0 N–H and O–H groups in total. The molecule has 174 valence electrons. The maximum atomic E-state index is 11.6. The van der Waals surface area contributed by atoms with Crippen LogP contribution in [0.1, 0.15) is 37.9 Å². The van der Waals surface area contributed by atoms with Gasteiger partial charge in [0.1, 0.15) is 11.7 Å². The van der Waals surface area contributed by atoms with Crippen LogP contribution in [0.3, 0.4) is 0 Å². The lowest BCUT2D eigenvalue weighted by atomic mass is 10.1. The summed E-state index contributed by atoms with van der Waals surface area (Å²) in [4.78, 5) is 14.0. The van der Waals surface area contributed by atoms with E-state index in [0.29, 0.717) is 6.61 Å². The van der Waals surface area contributed by atoms with Crippen LogP contribution in [-0.2, 0) is 16.1 Å². The van der Waals surface area contributed by atoms with Gasteiger partial charge in [-0.15, -0.1) is 5.10 Å². The number of anilines is 1. The average molecular weight is 455 g/mol. The van der Waals surface area contributed by atoms with Gasteiger partial charge in [-0.3, -0.25) is 0 Å². The molecule has 0 aliphatic carbocycles. The van der Waals surface area contributed by atoms with Gasteiger partial charge in [-0.25, -0.2) is 9.48 Å². The van der Waals surface area contributed by atoms with E-state index < -0.39 is 0 Å². The highest BCUT2D eigenvalue weighted by Crippen LogP contribution is 2.30. The van der Waals surface area contributed by atoms with Crippen LogP contribution in [0, 0.1) is 0 Å². The van der Waals surface area contributed by atoms with Crippen molar-refractivity contribution in [1.29, 1.82) is 0 Å². The summed E-state index contributed by atoms with van der Waals surface area (Å²) < 4.78 is 7.01. The molecule has 0 radical (unpaired) electrons. The molecule has 34 heavy (non-hydrogen) atoms. The van der Waals surface area contributed by atoms with E-state index in [1.54, 1.807) is 0 Å². The molecule has 6 heteroatoms. The fraction of sp³-hybridized carbons (Fsp3) is 0.250. The van der Waals surface area contributed by atoms with Gasteiger partial charge >= 0.3 is 5.97 Å². The topological polar surface area (TPSA) is 60.2 Å². The molecular weight excluding hydrogens is 424 g/mol. The van der Waals surface area contributed by atoms with Gasteiger partial charge in [0.25, 0.3) is 0 Å². The highest BCUT2D eigenvalue weighted by atomic mass is 16.5. The molecule has 0 amide bonds. The van der Waals surface area contributed by atoms with Crippen molar-refractivity contribution in [3.8, 4) is 0 Å². The molecule has 0 saturated carbocycles. The Bertz CT molecular complexity index is 1200. The van der Waals surface area contributed by atoms with E-state index >= 15 is 0 Å².